The quantitative estimate of drug-likeness (QED) is 0.105. The molecular weight excluding hydrogens is 378 g/mol. The summed E-state index contributed by atoms with van der Waals surface area (Å²) in [6, 6.07) is 0. The molecule has 0 aromatic carbocycles. The first-order valence-corrected chi connectivity index (χ1v) is 13.9. The second-order valence-electron chi connectivity index (χ2n) is 10.1. The molecule has 0 amide bonds. The van der Waals surface area contributed by atoms with Crippen molar-refractivity contribution in [2.45, 2.75) is 142 Å². The van der Waals surface area contributed by atoms with Crippen molar-refractivity contribution in [2.75, 3.05) is 20.1 Å². The highest BCUT2D eigenvalue weighted by atomic mass is 16.1. The van der Waals surface area contributed by atoms with E-state index in [4.69, 9.17) is 0 Å². The summed E-state index contributed by atoms with van der Waals surface area (Å²) < 4.78 is 0. The lowest BCUT2D eigenvalue weighted by atomic mass is 9.95. The number of rotatable bonds is 25. The highest BCUT2D eigenvalue weighted by Gasteiger charge is 2.09. The maximum absolute atomic E-state index is 12.2. The molecule has 0 aliphatic rings. The van der Waals surface area contributed by atoms with Crippen LogP contribution in [0.4, 0.5) is 0 Å². The van der Waals surface area contributed by atoms with Gasteiger partial charge < -0.3 is 4.90 Å². The van der Waals surface area contributed by atoms with Crippen LogP contribution in [0, 0.1) is 5.92 Å². The summed E-state index contributed by atoms with van der Waals surface area (Å²) in [7, 11) is 2.27. The van der Waals surface area contributed by atoms with Crippen molar-refractivity contribution in [1.82, 2.24) is 4.90 Å². The minimum atomic E-state index is 0.503. The first-order valence-electron chi connectivity index (χ1n) is 13.9. The van der Waals surface area contributed by atoms with Crippen LogP contribution in [0.25, 0.3) is 0 Å². The largest absolute Gasteiger partial charge is 0.306 e. The lowest BCUT2D eigenvalue weighted by Gasteiger charge is -2.16. The third-order valence-electron chi connectivity index (χ3n) is 6.57. The summed E-state index contributed by atoms with van der Waals surface area (Å²) in [6.07, 6.45) is 27.2. The molecule has 0 saturated heterocycles. The van der Waals surface area contributed by atoms with Crippen molar-refractivity contribution < 1.29 is 4.79 Å². The number of carbonyl (C=O) groups is 1. The Hall–Kier alpha value is -0.630. The maximum atomic E-state index is 12.2. The Morgan fingerprint density at radius 2 is 1.29 bits per heavy atom. The van der Waals surface area contributed by atoms with E-state index in [1.165, 1.54) is 122 Å². The van der Waals surface area contributed by atoms with Gasteiger partial charge in [0.1, 0.15) is 5.78 Å². The van der Waals surface area contributed by atoms with Gasteiger partial charge >= 0.3 is 0 Å². The van der Waals surface area contributed by atoms with Crippen molar-refractivity contribution in [3.05, 3.63) is 12.7 Å². The molecule has 1 atom stereocenters. The molecule has 0 aromatic rings. The normalized spacial score (nSPS) is 12.4. The fraction of sp³-hybridized carbons (Fsp3) is 0.897. The number of allylic oxidation sites excluding steroid dienone is 1. The van der Waals surface area contributed by atoms with Crippen LogP contribution in [0.2, 0.25) is 0 Å². The summed E-state index contributed by atoms with van der Waals surface area (Å²) in [5, 5.41) is 0. The Labute approximate surface area is 196 Å². The average molecular weight is 436 g/mol. The van der Waals surface area contributed by atoms with Crippen molar-refractivity contribution in [3.8, 4) is 0 Å². The maximum Gasteiger partial charge on any atom is 0.133 e. The predicted molar refractivity (Wildman–Crippen MR) is 140 cm³/mol. The molecule has 0 saturated carbocycles. The molecule has 1 unspecified atom stereocenters. The first-order chi connectivity index (χ1) is 15.1. The van der Waals surface area contributed by atoms with Crippen LogP contribution in [-0.2, 0) is 4.79 Å². The molecule has 0 fully saturated rings. The van der Waals surface area contributed by atoms with Crippen LogP contribution in [0.5, 0.6) is 0 Å². The Morgan fingerprint density at radius 3 is 1.90 bits per heavy atom. The monoisotopic (exact) mass is 435 g/mol. The van der Waals surface area contributed by atoms with Crippen molar-refractivity contribution in [1.29, 1.82) is 0 Å². The summed E-state index contributed by atoms with van der Waals surface area (Å²) in [5.74, 6) is 1.09. The van der Waals surface area contributed by atoms with E-state index >= 15 is 0 Å². The Balaban J connectivity index is 3.39. The summed E-state index contributed by atoms with van der Waals surface area (Å²) >= 11 is 0. The minimum absolute atomic E-state index is 0.503. The van der Waals surface area contributed by atoms with Gasteiger partial charge in [0.15, 0.2) is 0 Å². The molecule has 0 spiro atoms. The number of ketones is 1. The van der Waals surface area contributed by atoms with Crippen molar-refractivity contribution in [2.24, 2.45) is 5.92 Å². The van der Waals surface area contributed by atoms with E-state index in [9.17, 15) is 4.79 Å². The van der Waals surface area contributed by atoms with Crippen LogP contribution < -0.4 is 0 Å². The fourth-order valence-electron chi connectivity index (χ4n) is 4.41. The molecule has 0 N–H and O–H groups in total. The van der Waals surface area contributed by atoms with E-state index in [1.54, 1.807) is 0 Å². The number of hydrogen-bond donors (Lipinski definition) is 0. The standard InChI is InChI=1S/C29H57NO/c1-5-7-9-11-13-17-21-25-30(4)26-22-18-14-16-20-24-29(31)27-28(3)23-19-15-12-10-8-6-2/h5,28H,1,6-27H2,2-4H3. The first kappa shape index (κ1) is 30.4. The molecule has 0 bridgehead atoms. The van der Waals surface area contributed by atoms with Gasteiger partial charge in [0.05, 0.1) is 0 Å². The van der Waals surface area contributed by atoms with Gasteiger partial charge in [-0.3, -0.25) is 4.79 Å². The molecule has 0 aliphatic heterocycles. The zero-order chi connectivity index (χ0) is 23.0. The van der Waals surface area contributed by atoms with Gasteiger partial charge in [-0.15, -0.1) is 6.58 Å². The van der Waals surface area contributed by atoms with Gasteiger partial charge in [-0.25, -0.2) is 0 Å². The van der Waals surface area contributed by atoms with E-state index in [0.29, 0.717) is 11.7 Å². The van der Waals surface area contributed by atoms with Crippen LogP contribution >= 0.6 is 0 Å². The summed E-state index contributed by atoms with van der Waals surface area (Å²) in [6.45, 7) is 10.8. The SMILES string of the molecule is C=CCCCCCCCN(C)CCCCCCCC(=O)CC(C)CCCCCCCC. The molecule has 0 heterocycles. The zero-order valence-electron chi connectivity index (χ0n) is 21.8. The molecular formula is C29H57NO. The number of carbonyl (C=O) groups excluding carboxylic acids is 1. The summed E-state index contributed by atoms with van der Waals surface area (Å²) in [4.78, 5) is 14.7. The Kier molecular flexibility index (Phi) is 23.5. The van der Waals surface area contributed by atoms with Gasteiger partial charge in [0.2, 0.25) is 0 Å². The number of Topliss-reactive ketones (excluding diaryl/α,β-unsaturated/α-hetero) is 1. The van der Waals surface area contributed by atoms with Crippen molar-refractivity contribution >= 4 is 5.78 Å². The second-order valence-corrected chi connectivity index (χ2v) is 10.1. The molecule has 0 rings (SSSR count). The van der Waals surface area contributed by atoms with Crippen LogP contribution in [0.15, 0.2) is 12.7 Å². The third kappa shape index (κ3) is 23.9. The fourth-order valence-corrected chi connectivity index (χ4v) is 4.41. The van der Waals surface area contributed by atoms with Gasteiger partial charge in [0.25, 0.3) is 0 Å². The highest BCUT2D eigenvalue weighted by molar-refractivity contribution is 5.78. The Morgan fingerprint density at radius 1 is 0.774 bits per heavy atom. The smallest absolute Gasteiger partial charge is 0.133 e. The molecule has 0 aliphatic carbocycles. The molecule has 0 aromatic heterocycles. The lowest BCUT2D eigenvalue weighted by Crippen LogP contribution is -2.20. The van der Waals surface area contributed by atoms with Gasteiger partial charge in [-0.05, 0) is 58.2 Å². The van der Waals surface area contributed by atoms with E-state index in [1.807, 2.05) is 6.08 Å². The third-order valence-corrected chi connectivity index (χ3v) is 6.57. The average Bonchev–Trinajstić information content (AvgIpc) is 2.74. The van der Waals surface area contributed by atoms with E-state index in [2.05, 4.69) is 32.4 Å². The van der Waals surface area contributed by atoms with E-state index < -0.39 is 0 Å². The topological polar surface area (TPSA) is 20.3 Å². The number of nitrogens with zero attached hydrogens (tertiary/aromatic N) is 1. The van der Waals surface area contributed by atoms with E-state index in [-0.39, 0.29) is 0 Å². The lowest BCUT2D eigenvalue weighted by molar-refractivity contribution is -0.120. The zero-order valence-corrected chi connectivity index (χ0v) is 21.8. The molecule has 2 heteroatoms. The molecule has 0 radical (unpaired) electrons. The van der Waals surface area contributed by atoms with Gasteiger partial charge in [-0.1, -0.05) is 103 Å². The van der Waals surface area contributed by atoms with E-state index in [0.717, 1.165) is 19.3 Å². The highest BCUT2D eigenvalue weighted by Crippen LogP contribution is 2.17. The van der Waals surface area contributed by atoms with Crippen molar-refractivity contribution in [3.63, 3.8) is 0 Å². The number of unbranched alkanes of at least 4 members (excludes halogenated alkanes) is 14. The van der Waals surface area contributed by atoms with Crippen LogP contribution in [0.1, 0.15) is 142 Å². The Bertz CT molecular complexity index is 392. The molecule has 184 valence electrons. The van der Waals surface area contributed by atoms with Gasteiger partial charge in [0, 0.05) is 12.8 Å². The molecule has 31 heavy (non-hydrogen) atoms. The molecule has 2 nitrogen and oxygen atoms in total. The second kappa shape index (κ2) is 24.0. The number of hydrogen-bond acceptors (Lipinski definition) is 2. The minimum Gasteiger partial charge on any atom is -0.306 e. The predicted octanol–water partition coefficient (Wildman–Crippen LogP) is 9.13. The van der Waals surface area contributed by atoms with Gasteiger partial charge in [-0.2, -0.15) is 0 Å². The van der Waals surface area contributed by atoms with Crippen LogP contribution in [0.3, 0.4) is 0 Å². The van der Waals surface area contributed by atoms with Crippen LogP contribution in [-0.4, -0.2) is 30.8 Å². The summed E-state index contributed by atoms with van der Waals surface area (Å²) in [5.41, 5.74) is 0.